The number of rotatable bonds is 4. The Hall–Kier alpha value is -1.68. The second kappa shape index (κ2) is 5.37. The van der Waals surface area contributed by atoms with E-state index in [0.29, 0.717) is 0 Å². The number of fused-ring (bicyclic) bond motifs is 1. The molecule has 0 radical (unpaired) electrons. The quantitative estimate of drug-likeness (QED) is 0.709. The molecule has 0 bridgehead atoms. The normalized spacial score (nSPS) is 11.3. The largest absolute Gasteiger partial charge is 0.218 e. The summed E-state index contributed by atoms with van der Waals surface area (Å²) < 4.78 is 3.22. The number of aryl methyl sites for hydroxylation is 1. The molecule has 20 heavy (non-hydrogen) atoms. The first-order chi connectivity index (χ1) is 9.70. The lowest BCUT2D eigenvalue weighted by Gasteiger charge is -2.01. The Bertz CT molecular complexity index is 706. The third-order valence-corrected chi connectivity index (χ3v) is 4.70. The summed E-state index contributed by atoms with van der Waals surface area (Å²) in [5, 5.41) is 5.66. The van der Waals surface area contributed by atoms with E-state index in [1.165, 1.54) is 28.8 Å². The fraction of sp³-hybridized carbons (Fsp3) is 0.375. The molecule has 0 unspecified atom stereocenters. The Morgan fingerprint density at radius 2 is 2.00 bits per heavy atom. The number of benzene rings is 1. The maximum Gasteiger partial charge on any atom is 0.211 e. The lowest BCUT2D eigenvalue weighted by atomic mass is 10.1. The average Bonchev–Trinajstić information content (AvgIpc) is 2.98. The van der Waals surface area contributed by atoms with Crippen molar-refractivity contribution in [2.24, 2.45) is 0 Å². The van der Waals surface area contributed by atoms with Crippen LogP contribution in [0.4, 0.5) is 0 Å². The van der Waals surface area contributed by atoms with Crippen molar-refractivity contribution in [3.63, 3.8) is 0 Å². The van der Waals surface area contributed by atoms with Gasteiger partial charge in [0.05, 0.1) is 15.9 Å². The van der Waals surface area contributed by atoms with Gasteiger partial charge in [-0.3, -0.25) is 0 Å². The fourth-order valence-electron chi connectivity index (χ4n) is 2.53. The SMILES string of the molecule is CCCCc1c(C)nn(-c2nc3ccccc3s2)c1C. The van der Waals surface area contributed by atoms with Crippen LogP contribution in [0.1, 0.15) is 36.7 Å². The molecular weight excluding hydrogens is 266 g/mol. The van der Waals surface area contributed by atoms with E-state index in [9.17, 15) is 0 Å². The van der Waals surface area contributed by atoms with E-state index in [1.807, 2.05) is 10.7 Å². The Labute approximate surface area is 123 Å². The minimum absolute atomic E-state index is 0.967. The van der Waals surface area contributed by atoms with Crippen molar-refractivity contribution in [2.45, 2.75) is 40.0 Å². The minimum atomic E-state index is 0.967. The molecule has 3 aromatic rings. The van der Waals surface area contributed by atoms with Crippen molar-refractivity contribution < 1.29 is 0 Å². The number of unbranched alkanes of at least 4 members (excludes halogenated alkanes) is 1. The fourth-order valence-corrected chi connectivity index (χ4v) is 3.50. The molecule has 0 aliphatic heterocycles. The molecule has 104 valence electrons. The number of hydrogen-bond donors (Lipinski definition) is 0. The highest BCUT2D eigenvalue weighted by atomic mass is 32.1. The van der Waals surface area contributed by atoms with Gasteiger partial charge in [0, 0.05) is 5.69 Å². The van der Waals surface area contributed by atoms with Gasteiger partial charge in [-0.25, -0.2) is 9.67 Å². The lowest BCUT2D eigenvalue weighted by molar-refractivity contribution is 0.784. The van der Waals surface area contributed by atoms with Crippen LogP contribution >= 0.6 is 11.3 Å². The molecule has 3 rings (SSSR count). The molecule has 2 heterocycles. The number of nitrogens with zero attached hydrogens (tertiary/aromatic N) is 3. The Kier molecular flexibility index (Phi) is 3.57. The Morgan fingerprint density at radius 1 is 1.20 bits per heavy atom. The molecule has 0 spiro atoms. The molecular formula is C16H19N3S. The van der Waals surface area contributed by atoms with E-state index in [-0.39, 0.29) is 0 Å². The maximum absolute atomic E-state index is 4.70. The summed E-state index contributed by atoms with van der Waals surface area (Å²) in [6.07, 6.45) is 3.54. The topological polar surface area (TPSA) is 30.7 Å². The van der Waals surface area contributed by atoms with Gasteiger partial charge in [-0.15, -0.1) is 0 Å². The molecule has 0 saturated carbocycles. The minimum Gasteiger partial charge on any atom is -0.218 e. The number of hydrogen-bond acceptors (Lipinski definition) is 3. The van der Waals surface area contributed by atoms with Crippen LogP contribution in [0, 0.1) is 13.8 Å². The standard InChI is InChI=1S/C16H19N3S/c1-4-5-8-13-11(2)18-19(12(13)3)16-17-14-9-6-7-10-15(14)20-16/h6-7,9-10H,4-5,8H2,1-3H3. The summed E-state index contributed by atoms with van der Waals surface area (Å²) >= 11 is 1.70. The van der Waals surface area contributed by atoms with E-state index in [1.54, 1.807) is 11.3 Å². The first kappa shape index (κ1) is 13.3. The summed E-state index contributed by atoms with van der Waals surface area (Å²) in [5.41, 5.74) is 4.80. The molecule has 0 N–H and O–H groups in total. The summed E-state index contributed by atoms with van der Waals surface area (Å²) in [6, 6.07) is 8.25. The van der Waals surface area contributed by atoms with Crippen molar-refractivity contribution in [3.05, 3.63) is 41.2 Å². The van der Waals surface area contributed by atoms with Gasteiger partial charge in [0.1, 0.15) is 0 Å². The van der Waals surface area contributed by atoms with Crippen LogP contribution in [0.15, 0.2) is 24.3 Å². The summed E-state index contributed by atoms with van der Waals surface area (Å²) in [4.78, 5) is 4.70. The summed E-state index contributed by atoms with van der Waals surface area (Å²) in [5.74, 6) is 0. The van der Waals surface area contributed by atoms with Gasteiger partial charge < -0.3 is 0 Å². The van der Waals surface area contributed by atoms with Crippen LogP contribution in [0.2, 0.25) is 0 Å². The first-order valence-corrected chi connectivity index (χ1v) is 7.93. The van der Waals surface area contributed by atoms with Crippen LogP contribution in [0.3, 0.4) is 0 Å². The first-order valence-electron chi connectivity index (χ1n) is 7.11. The predicted molar refractivity (Wildman–Crippen MR) is 84.8 cm³/mol. The van der Waals surface area contributed by atoms with Gasteiger partial charge >= 0.3 is 0 Å². The third kappa shape index (κ3) is 2.24. The van der Waals surface area contributed by atoms with Crippen molar-refractivity contribution in [1.82, 2.24) is 14.8 Å². The summed E-state index contributed by atoms with van der Waals surface area (Å²) in [7, 11) is 0. The van der Waals surface area contributed by atoms with Gasteiger partial charge in [-0.05, 0) is 44.4 Å². The lowest BCUT2D eigenvalue weighted by Crippen LogP contribution is -1.98. The molecule has 4 heteroatoms. The van der Waals surface area contributed by atoms with E-state index in [2.05, 4.69) is 39.0 Å². The maximum atomic E-state index is 4.70. The number of aromatic nitrogens is 3. The van der Waals surface area contributed by atoms with Crippen molar-refractivity contribution in [2.75, 3.05) is 0 Å². The zero-order valence-corrected chi connectivity index (χ0v) is 13.0. The van der Waals surface area contributed by atoms with Crippen LogP contribution < -0.4 is 0 Å². The highest BCUT2D eigenvalue weighted by Gasteiger charge is 2.15. The van der Waals surface area contributed by atoms with Gasteiger partial charge in [0.25, 0.3) is 0 Å². The van der Waals surface area contributed by atoms with Gasteiger partial charge in [-0.1, -0.05) is 36.8 Å². The van der Waals surface area contributed by atoms with E-state index < -0.39 is 0 Å². The molecule has 1 aromatic carbocycles. The van der Waals surface area contributed by atoms with Gasteiger partial charge in [0.2, 0.25) is 5.13 Å². The van der Waals surface area contributed by atoms with Crippen LogP contribution in [-0.2, 0) is 6.42 Å². The van der Waals surface area contributed by atoms with Crippen LogP contribution in [0.5, 0.6) is 0 Å². The Balaban J connectivity index is 2.05. The van der Waals surface area contributed by atoms with E-state index in [0.717, 1.165) is 22.8 Å². The van der Waals surface area contributed by atoms with Crippen LogP contribution in [-0.4, -0.2) is 14.8 Å². The zero-order chi connectivity index (χ0) is 14.1. The van der Waals surface area contributed by atoms with Crippen molar-refractivity contribution in [3.8, 4) is 5.13 Å². The molecule has 3 nitrogen and oxygen atoms in total. The molecule has 0 saturated heterocycles. The highest BCUT2D eigenvalue weighted by molar-refractivity contribution is 7.20. The second-order valence-corrected chi connectivity index (χ2v) is 6.14. The van der Waals surface area contributed by atoms with Gasteiger partial charge in [-0.2, -0.15) is 5.10 Å². The Morgan fingerprint density at radius 3 is 2.75 bits per heavy atom. The van der Waals surface area contributed by atoms with Crippen molar-refractivity contribution >= 4 is 21.6 Å². The average molecular weight is 285 g/mol. The molecule has 0 aliphatic carbocycles. The van der Waals surface area contributed by atoms with Gasteiger partial charge in [0.15, 0.2) is 0 Å². The molecule has 0 amide bonds. The van der Waals surface area contributed by atoms with Crippen LogP contribution in [0.25, 0.3) is 15.3 Å². The monoisotopic (exact) mass is 285 g/mol. The molecule has 0 fully saturated rings. The predicted octanol–water partition coefficient (Wildman–Crippen LogP) is 4.44. The summed E-state index contributed by atoms with van der Waals surface area (Å²) in [6.45, 7) is 6.47. The molecule has 2 aromatic heterocycles. The zero-order valence-electron chi connectivity index (χ0n) is 12.2. The smallest absolute Gasteiger partial charge is 0.211 e. The van der Waals surface area contributed by atoms with E-state index in [4.69, 9.17) is 10.1 Å². The third-order valence-electron chi connectivity index (χ3n) is 3.69. The molecule has 0 atom stereocenters. The van der Waals surface area contributed by atoms with E-state index >= 15 is 0 Å². The number of para-hydroxylation sites is 1. The number of thiazole rings is 1. The van der Waals surface area contributed by atoms with Crippen molar-refractivity contribution in [1.29, 1.82) is 0 Å². The second-order valence-electron chi connectivity index (χ2n) is 5.13. The molecule has 0 aliphatic rings. The highest BCUT2D eigenvalue weighted by Crippen LogP contribution is 2.27.